The molecule has 2 aromatic rings. The molecule has 144 valence electrons. The van der Waals surface area contributed by atoms with Crippen LogP contribution < -0.4 is 14.4 Å². The van der Waals surface area contributed by atoms with Crippen molar-refractivity contribution in [1.82, 2.24) is 0 Å². The summed E-state index contributed by atoms with van der Waals surface area (Å²) < 4.78 is 11.7. The molecule has 2 heterocycles. The number of halogens is 1. The largest absolute Gasteiger partial charge is 0.486 e. The van der Waals surface area contributed by atoms with Crippen LogP contribution in [0.3, 0.4) is 0 Å². The Morgan fingerprint density at radius 1 is 1.21 bits per heavy atom. The first-order valence-electron chi connectivity index (χ1n) is 8.82. The van der Waals surface area contributed by atoms with E-state index in [0.29, 0.717) is 46.0 Å². The SMILES string of the molecule is C=CCN1C(=O)[C@@](O)(CC(=O)c2ccc3c(c2)OCCO3)c2cc(Br)ccc21. The van der Waals surface area contributed by atoms with Crippen LogP contribution >= 0.6 is 15.9 Å². The van der Waals surface area contributed by atoms with Crippen molar-refractivity contribution in [3.8, 4) is 11.5 Å². The number of carbonyl (C=O) groups excluding carboxylic acids is 2. The highest BCUT2D eigenvalue weighted by Gasteiger charge is 2.50. The quantitative estimate of drug-likeness (QED) is 0.566. The van der Waals surface area contributed by atoms with E-state index in [1.165, 1.54) is 4.90 Å². The molecule has 0 unspecified atom stereocenters. The van der Waals surface area contributed by atoms with Gasteiger partial charge in [-0.15, -0.1) is 6.58 Å². The van der Waals surface area contributed by atoms with Gasteiger partial charge in [-0.2, -0.15) is 0 Å². The fourth-order valence-corrected chi connectivity index (χ4v) is 3.92. The van der Waals surface area contributed by atoms with Crippen molar-refractivity contribution < 1.29 is 24.2 Å². The molecule has 6 nitrogen and oxygen atoms in total. The lowest BCUT2D eigenvalue weighted by atomic mass is 9.88. The highest BCUT2D eigenvalue weighted by molar-refractivity contribution is 9.10. The van der Waals surface area contributed by atoms with E-state index in [4.69, 9.17) is 9.47 Å². The van der Waals surface area contributed by atoms with Gasteiger partial charge in [0.05, 0.1) is 12.1 Å². The molecular formula is C21H18BrNO5. The highest BCUT2D eigenvalue weighted by Crippen LogP contribution is 2.44. The molecule has 4 rings (SSSR count). The van der Waals surface area contributed by atoms with Crippen LogP contribution in [0, 0.1) is 0 Å². The van der Waals surface area contributed by atoms with Crippen LogP contribution in [-0.2, 0) is 10.4 Å². The summed E-state index contributed by atoms with van der Waals surface area (Å²) in [5, 5.41) is 11.3. The number of fused-ring (bicyclic) bond motifs is 2. The first-order valence-corrected chi connectivity index (χ1v) is 9.61. The summed E-state index contributed by atoms with van der Waals surface area (Å²) in [6, 6.07) is 10.1. The average molecular weight is 444 g/mol. The van der Waals surface area contributed by atoms with Crippen molar-refractivity contribution in [1.29, 1.82) is 0 Å². The minimum absolute atomic E-state index is 0.244. The maximum atomic E-state index is 13.0. The summed E-state index contributed by atoms with van der Waals surface area (Å²) in [5.41, 5.74) is -0.610. The van der Waals surface area contributed by atoms with E-state index in [1.54, 1.807) is 42.5 Å². The molecule has 2 aromatic carbocycles. The molecule has 0 aliphatic carbocycles. The molecule has 28 heavy (non-hydrogen) atoms. The number of ketones is 1. The van der Waals surface area contributed by atoms with Crippen molar-refractivity contribution in [2.75, 3.05) is 24.7 Å². The average Bonchev–Trinajstić information content (AvgIpc) is 2.89. The van der Waals surface area contributed by atoms with Crippen molar-refractivity contribution >= 4 is 33.3 Å². The van der Waals surface area contributed by atoms with E-state index in [-0.39, 0.29) is 18.7 Å². The predicted molar refractivity (Wildman–Crippen MR) is 107 cm³/mol. The van der Waals surface area contributed by atoms with Gasteiger partial charge in [-0.1, -0.05) is 22.0 Å². The number of ether oxygens (including phenoxy) is 2. The minimum atomic E-state index is -1.94. The van der Waals surface area contributed by atoms with Gasteiger partial charge in [-0.05, 0) is 36.4 Å². The van der Waals surface area contributed by atoms with Crippen molar-refractivity contribution in [2.45, 2.75) is 12.0 Å². The van der Waals surface area contributed by atoms with Gasteiger partial charge in [0.1, 0.15) is 13.2 Å². The number of Topliss-reactive ketones (excluding diaryl/α,β-unsaturated/α-hetero) is 1. The number of anilines is 1. The summed E-state index contributed by atoms with van der Waals surface area (Å²) in [6.07, 6.45) is 1.21. The normalized spacial score (nSPS) is 20.1. The van der Waals surface area contributed by atoms with Gasteiger partial charge in [-0.3, -0.25) is 9.59 Å². The van der Waals surface area contributed by atoms with Crippen LogP contribution in [0.25, 0.3) is 0 Å². The zero-order chi connectivity index (χ0) is 19.9. The Balaban J connectivity index is 1.68. The monoisotopic (exact) mass is 443 g/mol. The number of hydrogen-bond acceptors (Lipinski definition) is 5. The second kappa shape index (κ2) is 7.07. The minimum Gasteiger partial charge on any atom is -0.486 e. The smallest absolute Gasteiger partial charge is 0.264 e. The third kappa shape index (κ3) is 3.00. The Labute approximate surface area is 170 Å². The molecule has 7 heteroatoms. The molecule has 1 N–H and O–H groups in total. The number of amides is 1. The number of rotatable bonds is 5. The summed E-state index contributed by atoms with van der Waals surface area (Å²) in [4.78, 5) is 27.4. The van der Waals surface area contributed by atoms with Gasteiger partial charge in [0, 0.05) is 22.1 Å². The Bertz CT molecular complexity index is 989. The van der Waals surface area contributed by atoms with E-state index >= 15 is 0 Å². The first-order chi connectivity index (χ1) is 13.4. The maximum absolute atomic E-state index is 13.0. The molecule has 0 spiro atoms. The lowest BCUT2D eigenvalue weighted by Gasteiger charge is -2.23. The van der Waals surface area contributed by atoms with E-state index < -0.39 is 11.5 Å². The Morgan fingerprint density at radius 3 is 2.71 bits per heavy atom. The van der Waals surface area contributed by atoms with Crippen LogP contribution in [-0.4, -0.2) is 36.6 Å². The lowest BCUT2D eigenvalue weighted by molar-refractivity contribution is -0.135. The topological polar surface area (TPSA) is 76.1 Å². The number of nitrogens with zero attached hydrogens (tertiary/aromatic N) is 1. The summed E-state index contributed by atoms with van der Waals surface area (Å²) in [7, 11) is 0. The van der Waals surface area contributed by atoms with Gasteiger partial charge in [0.15, 0.2) is 22.9 Å². The van der Waals surface area contributed by atoms with Crippen molar-refractivity contribution in [3.63, 3.8) is 0 Å². The summed E-state index contributed by atoms with van der Waals surface area (Å²) in [5.74, 6) is 0.161. The lowest BCUT2D eigenvalue weighted by Crippen LogP contribution is -2.41. The highest BCUT2D eigenvalue weighted by atomic mass is 79.9. The zero-order valence-corrected chi connectivity index (χ0v) is 16.6. The van der Waals surface area contributed by atoms with Crippen LogP contribution in [0.5, 0.6) is 11.5 Å². The second-order valence-corrected chi connectivity index (χ2v) is 7.60. The number of carbonyl (C=O) groups is 2. The van der Waals surface area contributed by atoms with E-state index in [1.807, 2.05) is 0 Å². The second-order valence-electron chi connectivity index (χ2n) is 6.68. The molecule has 0 saturated heterocycles. The number of aliphatic hydroxyl groups is 1. The van der Waals surface area contributed by atoms with E-state index in [9.17, 15) is 14.7 Å². The Kier molecular flexibility index (Phi) is 4.72. The summed E-state index contributed by atoms with van der Waals surface area (Å²) >= 11 is 3.37. The molecule has 1 atom stereocenters. The molecule has 0 fully saturated rings. The van der Waals surface area contributed by atoms with Crippen LogP contribution in [0.4, 0.5) is 5.69 Å². The first kappa shape index (κ1) is 18.7. The molecule has 0 saturated carbocycles. The molecule has 2 aliphatic rings. The molecule has 0 aromatic heterocycles. The standard InChI is InChI=1S/C21H18BrNO5/c1-2-7-23-16-5-4-14(22)11-15(16)21(26,20(23)25)12-17(24)13-3-6-18-19(10-13)28-9-8-27-18/h2-6,10-11,26H,1,7-9,12H2/t21-/m1/s1. The Morgan fingerprint density at radius 2 is 1.96 bits per heavy atom. The molecule has 2 aliphatic heterocycles. The van der Waals surface area contributed by atoms with Gasteiger partial charge in [-0.25, -0.2) is 0 Å². The predicted octanol–water partition coefficient (Wildman–Crippen LogP) is 3.21. The third-order valence-corrected chi connectivity index (χ3v) is 5.38. The van der Waals surface area contributed by atoms with Gasteiger partial charge >= 0.3 is 0 Å². The fourth-order valence-electron chi connectivity index (χ4n) is 3.56. The fraction of sp³-hybridized carbons (Fsp3) is 0.238. The van der Waals surface area contributed by atoms with Crippen molar-refractivity contribution in [2.24, 2.45) is 0 Å². The zero-order valence-electron chi connectivity index (χ0n) is 15.0. The summed E-state index contributed by atoms with van der Waals surface area (Å²) in [6.45, 7) is 4.78. The number of hydrogen-bond donors (Lipinski definition) is 1. The maximum Gasteiger partial charge on any atom is 0.264 e. The van der Waals surface area contributed by atoms with Gasteiger partial charge in [0.25, 0.3) is 5.91 Å². The van der Waals surface area contributed by atoms with Crippen LogP contribution in [0.1, 0.15) is 22.3 Å². The molecule has 0 bridgehead atoms. The van der Waals surface area contributed by atoms with Crippen LogP contribution in [0.2, 0.25) is 0 Å². The van der Waals surface area contributed by atoms with Crippen molar-refractivity contribution in [3.05, 3.63) is 64.7 Å². The third-order valence-electron chi connectivity index (χ3n) is 4.89. The van der Waals surface area contributed by atoms with Gasteiger partial charge in [0.2, 0.25) is 0 Å². The van der Waals surface area contributed by atoms with E-state index in [0.717, 1.165) is 0 Å². The molecule has 1 amide bonds. The van der Waals surface area contributed by atoms with Gasteiger partial charge < -0.3 is 19.5 Å². The van der Waals surface area contributed by atoms with Crippen LogP contribution in [0.15, 0.2) is 53.5 Å². The number of benzene rings is 2. The Hall–Kier alpha value is -2.64. The van der Waals surface area contributed by atoms with E-state index in [2.05, 4.69) is 22.5 Å². The molecule has 0 radical (unpaired) electrons. The molecular weight excluding hydrogens is 426 g/mol.